The van der Waals surface area contributed by atoms with Crippen molar-refractivity contribution in [3.63, 3.8) is 0 Å². The van der Waals surface area contributed by atoms with E-state index in [2.05, 4.69) is 30.8 Å². The molecule has 1 unspecified atom stereocenters. The highest BCUT2D eigenvalue weighted by atomic mass is 32.2. The number of rotatable bonds is 4. The van der Waals surface area contributed by atoms with Crippen LogP contribution < -0.4 is 10.6 Å². The maximum absolute atomic E-state index is 4.52. The molecule has 0 spiro atoms. The summed E-state index contributed by atoms with van der Waals surface area (Å²) in [4.78, 5) is 8.90. The molecule has 1 atom stereocenters. The molecular formula is C11H16N6S. The van der Waals surface area contributed by atoms with E-state index in [1.165, 1.54) is 12.2 Å². The van der Waals surface area contributed by atoms with Crippen molar-refractivity contribution in [3.8, 4) is 0 Å². The molecule has 0 saturated carbocycles. The number of aromatic nitrogens is 4. The van der Waals surface area contributed by atoms with Gasteiger partial charge in [-0.25, -0.2) is 0 Å². The predicted molar refractivity (Wildman–Crippen MR) is 75.2 cm³/mol. The molecule has 1 aliphatic heterocycles. The standard InChI is InChI=1S/C11H16N6S/c1-2-12-11-15-9(14-7-3-4-18-6-7)8-5-13-17-10(8)16-11/h5,7H,2-4,6H2,1H3,(H3,12,13,14,15,16,17). The number of H-pyrrole nitrogens is 1. The van der Waals surface area contributed by atoms with Gasteiger partial charge in [-0.3, -0.25) is 5.10 Å². The predicted octanol–water partition coefficient (Wildman–Crippen LogP) is 1.70. The third-order valence-electron chi connectivity index (χ3n) is 2.92. The van der Waals surface area contributed by atoms with Crippen LogP contribution in [0.4, 0.5) is 11.8 Å². The summed E-state index contributed by atoms with van der Waals surface area (Å²) >= 11 is 1.98. The second-order valence-electron chi connectivity index (χ2n) is 4.26. The molecule has 0 radical (unpaired) electrons. The number of fused-ring (bicyclic) bond motifs is 1. The number of hydrogen-bond donors (Lipinski definition) is 3. The number of thioether (sulfide) groups is 1. The van der Waals surface area contributed by atoms with Crippen LogP contribution in [-0.2, 0) is 0 Å². The molecule has 2 aromatic rings. The van der Waals surface area contributed by atoms with Crippen LogP contribution in [-0.4, -0.2) is 44.3 Å². The summed E-state index contributed by atoms with van der Waals surface area (Å²) in [5, 5.41) is 14.5. The highest BCUT2D eigenvalue weighted by molar-refractivity contribution is 7.99. The van der Waals surface area contributed by atoms with E-state index in [0.29, 0.717) is 12.0 Å². The largest absolute Gasteiger partial charge is 0.366 e. The highest BCUT2D eigenvalue weighted by Gasteiger charge is 2.18. The molecule has 6 nitrogen and oxygen atoms in total. The first-order valence-electron chi connectivity index (χ1n) is 6.16. The van der Waals surface area contributed by atoms with Crippen molar-refractivity contribution in [2.75, 3.05) is 28.7 Å². The minimum absolute atomic E-state index is 0.498. The SMILES string of the molecule is CCNc1nc(NC2CCSC2)c2cn[nH]c2n1. The van der Waals surface area contributed by atoms with Gasteiger partial charge >= 0.3 is 0 Å². The van der Waals surface area contributed by atoms with Gasteiger partial charge in [-0.1, -0.05) is 0 Å². The minimum Gasteiger partial charge on any atom is -0.366 e. The average Bonchev–Trinajstić information content (AvgIpc) is 2.99. The Morgan fingerprint density at radius 2 is 2.44 bits per heavy atom. The Hall–Kier alpha value is -1.50. The molecule has 1 aliphatic rings. The Labute approximate surface area is 109 Å². The van der Waals surface area contributed by atoms with Crippen LogP contribution in [0, 0.1) is 0 Å². The highest BCUT2D eigenvalue weighted by Crippen LogP contribution is 2.25. The minimum atomic E-state index is 0.498. The summed E-state index contributed by atoms with van der Waals surface area (Å²) in [6.07, 6.45) is 2.96. The summed E-state index contributed by atoms with van der Waals surface area (Å²) in [6.45, 7) is 2.83. The lowest BCUT2D eigenvalue weighted by molar-refractivity contribution is 0.808. The van der Waals surface area contributed by atoms with E-state index in [9.17, 15) is 0 Å². The van der Waals surface area contributed by atoms with Gasteiger partial charge in [0.2, 0.25) is 5.95 Å². The Morgan fingerprint density at radius 1 is 1.50 bits per heavy atom. The van der Waals surface area contributed by atoms with E-state index in [4.69, 9.17) is 0 Å². The first kappa shape index (κ1) is 11.6. The molecule has 7 heteroatoms. The third kappa shape index (κ3) is 2.22. The number of nitrogens with zero attached hydrogens (tertiary/aromatic N) is 3. The first-order valence-corrected chi connectivity index (χ1v) is 7.31. The number of hydrogen-bond acceptors (Lipinski definition) is 6. The zero-order valence-electron chi connectivity index (χ0n) is 10.2. The van der Waals surface area contributed by atoms with Gasteiger partial charge in [-0.2, -0.15) is 26.8 Å². The van der Waals surface area contributed by atoms with E-state index in [-0.39, 0.29) is 0 Å². The molecule has 1 fully saturated rings. The second-order valence-corrected chi connectivity index (χ2v) is 5.41. The summed E-state index contributed by atoms with van der Waals surface area (Å²) in [6, 6.07) is 0.498. The Bertz CT molecular complexity index is 533. The van der Waals surface area contributed by atoms with Crippen molar-refractivity contribution >= 4 is 34.6 Å². The smallest absolute Gasteiger partial charge is 0.226 e. The molecule has 0 bridgehead atoms. The fourth-order valence-electron chi connectivity index (χ4n) is 2.02. The van der Waals surface area contributed by atoms with Crippen molar-refractivity contribution in [3.05, 3.63) is 6.20 Å². The van der Waals surface area contributed by atoms with Gasteiger partial charge in [0.15, 0.2) is 5.65 Å². The van der Waals surface area contributed by atoms with E-state index >= 15 is 0 Å². The second kappa shape index (κ2) is 5.01. The topological polar surface area (TPSA) is 78.5 Å². The van der Waals surface area contributed by atoms with Gasteiger partial charge in [-0.15, -0.1) is 0 Å². The molecule has 3 heterocycles. The van der Waals surface area contributed by atoms with Crippen LogP contribution in [0.25, 0.3) is 11.0 Å². The van der Waals surface area contributed by atoms with Crippen molar-refractivity contribution in [2.45, 2.75) is 19.4 Å². The van der Waals surface area contributed by atoms with Gasteiger partial charge in [-0.05, 0) is 19.1 Å². The molecule has 3 rings (SSSR count). The molecule has 3 N–H and O–H groups in total. The van der Waals surface area contributed by atoms with Crippen LogP contribution in [0.5, 0.6) is 0 Å². The Morgan fingerprint density at radius 3 is 3.22 bits per heavy atom. The third-order valence-corrected chi connectivity index (χ3v) is 4.08. The van der Waals surface area contributed by atoms with Gasteiger partial charge in [0.1, 0.15) is 5.82 Å². The van der Waals surface area contributed by atoms with Gasteiger partial charge in [0, 0.05) is 18.3 Å². The average molecular weight is 264 g/mol. The lowest BCUT2D eigenvalue weighted by atomic mass is 10.2. The van der Waals surface area contributed by atoms with Crippen molar-refractivity contribution in [2.24, 2.45) is 0 Å². The quantitative estimate of drug-likeness (QED) is 0.780. The molecule has 0 aliphatic carbocycles. The lowest BCUT2D eigenvalue weighted by Crippen LogP contribution is -2.19. The summed E-state index contributed by atoms with van der Waals surface area (Å²) in [7, 11) is 0. The maximum Gasteiger partial charge on any atom is 0.226 e. The molecule has 2 aromatic heterocycles. The molecule has 96 valence electrons. The molecular weight excluding hydrogens is 248 g/mol. The zero-order valence-corrected chi connectivity index (χ0v) is 11.0. The molecule has 1 saturated heterocycles. The van der Waals surface area contributed by atoms with Crippen LogP contribution in [0.1, 0.15) is 13.3 Å². The van der Waals surface area contributed by atoms with Crippen molar-refractivity contribution in [1.82, 2.24) is 20.2 Å². The molecule has 18 heavy (non-hydrogen) atoms. The van der Waals surface area contributed by atoms with Crippen molar-refractivity contribution in [1.29, 1.82) is 0 Å². The van der Waals surface area contributed by atoms with Gasteiger partial charge < -0.3 is 10.6 Å². The first-order chi connectivity index (χ1) is 8.86. The zero-order chi connectivity index (χ0) is 12.4. The number of anilines is 2. The van der Waals surface area contributed by atoms with Crippen LogP contribution in [0.15, 0.2) is 6.20 Å². The summed E-state index contributed by atoms with van der Waals surface area (Å²) in [5.74, 6) is 3.87. The summed E-state index contributed by atoms with van der Waals surface area (Å²) in [5.41, 5.74) is 0.772. The number of nitrogens with one attached hydrogen (secondary N) is 3. The molecule has 0 amide bonds. The fraction of sp³-hybridized carbons (Fsp3) is 0.545. The Kier molecular flexibility index (Phi) is 3.22. The van der Waals surface area contributed by atoms with Crippen LogP contribution in [0.2, 0.25) is 0 Å². The molecule has 0 aromatic carbocycles. The van der Waals surface area contributed by atoms with E-state index < -0.39 is 0 Å². The van der Waals surface area contributed by atoms with Crippen LogP contribution >= 0.6 is 11.8 Å². The Balaban J connectivity index is 1.93. The van der Waals surface area contributed by atoms with Crippen molar-refractivity contribution < 1.29 is 0 Å². The van der Waals surface area contributed by atoms with E-state index in [0.717, 1.165) is 29.1 Å². The monoisotopic (exact) mass is 264 g/mol. The van der Waals surface area contributed by atoms with E-state index in [1.54, 1.807) is 6.20 Å². The lowest BCUT2D eigenvalue weighted by Gasteiger charge is -2.13. The van der Waals surface area contributed by atoms with Gasteiger partial charge in [0.05, 0.1) is 11.6 Å². The van der Waals surface area contributed by atoms with Crippen LogP contribution in [0.3, 0.4) is 0 Å². The summed E-state index contributed by atoms with van der Waals surface area (Å²) < 4.78 is 0. The maximum atomic E-state index is 4.52. The normalized spacial score (nSPS) is 19.3. The van der Waals surface area contributed by atoms with Gasteiger partial charge in [0.25, 0.3) is 0 Å². The van der Waals surface area contributed by atoms with E-state index in [1.807, 2.05) is 18.7 Å². The number of aromatic amines is 1. The fourth-order valence-corrected chi connectivity index (χ4v) is 3.18.